The first-order valence-corrected chi connectivity index (χ1v) is 15.7. The molecule has 0 spiro atoms. The van der Waals surface area contributed by atoms with Crippen LogP contribution in [0.15, 0.2) is 73.4 Å². The van der Waals surface area contributed by atoms with Crippen LogP contribution in [0, 0.1) is 11.8 Å². The lowest BCUT2D eigenvalue weighted by atomic mass is 9.87. The number of aromatic nitrogens is 1. The number of aliphatic hydroxyl groups excluding tert-OH is 1. The SMILES string of the molecule is CO[C@H]1/C=C\C=C(/C)C(=O)Nc2cc3nc4ccc(Br)cc4oc-3c(c2=O)C[C@@H](C)C[C@H](OC)[C@@H](O)[C@@H](C)/C=C(\C)[C@H]1OC(N)=O. The molecule has 0 aromatic heterocycles. The van der Waals surface area contributed by atoms with Gasteiger partial charge < -0.3 is 34.8 Å². The molecule has 11 nitrogen and oxygen atoms in total. The van der Waals surface area contributed by atoms with Crippen molar-refractivity contribution >= 4 is 44.7 Å². The highest BCUT2D eigenvalue weighted by Gasteiger charge is 2.30. The lowest BCUT2D eigenvalue weighted by Crippen LogP contribution is -2.37. The summed E-state index contributed by atoms with van der Waals surface area (Å²) in [5.74, 6) is -0.754. The molecule has 46 heavy (non-hydrogen) atoms. The molecule has 3 aliphatic rings. The van der Waals surface area contributed by atoms with Crippen LogP contribution < -0.4 is 16.5 Å². The van der Waals surface area contributed by atoms with Gasteiger partial charge in [-0.3, -0.25) is 9.59 Å². The maximum Gasteiger partial charge on any atom is 0.405 e. The fourth-order valence-corrected chi connectivity index (χ4v) is 6.01. The normalized spacial score (nSPS) is 28.1. The molecule has 246 valence electrons. The average Bonchev–Trinajstić information content (AvgIpc) is 3.01. The molecular weight excluding hydrogens is 658 g/mol. The Hall–Kier alpha value is -3.84. The van der Waals surface area contributed by atoms with Crippen molar-refractivity contribution in [3.05, 3.63) is 80.0 Å². The molecule has 1 aromatic carbocycles. The molecule has 0 unspecified atom stereocenters. The number of aliphatic hydroxyl groups is 1. The Morgan fingerprint density at radius 2 is 1.89 bits per heavy atom. The number of primary amides is 1. The molecule has 0 radical (unpaired) electrons. The van der Waals surface area contributed by atoms with E-state index in [4.69, 9.17) is 29.3 Å². The van der Waals surface area contributed by atoms with Gasteiger partial charge in [0.1, 0.15) is 17.3 Å². The summed E-state index contributed by atoms with van der Waals surface area (Å²) < 4.78 is 23.8. The summed E-state index contributed by atoms with van der Waals surface area (Å²) in [6.45, 7) is 7.14. The van der Waals surface area contributed by atoms with Gasteiger partial charge in [-0.1, -0.05) is 54.1 Å². The summed E-state index contributed by atoms with van der Waals surface area (Å²) >= 11 is 3.46. The van der Waals surface area contributed by atoms with Gasteiger partial charge in [-0.05, 0) is 62.4 Å². The first-order valence-electron chi connectivity index (χ1n) is 14.9. The lowest BCUT2D eigenvalue weighted by Gasteiger charge is -2.29. The van der Waals surface area contributed by atoms with E-state index in [9.17, 15) is 19.5 Å². The minimum atomic E-state index is -0.987. The summed E-state index contributed by atoms with van der Waals surface area (Å²) in [6, 6.07) is 6.94. The van der Waals surface area contributed by atoms with Crippen LogP contribution in [-0.4, -0.2) is 60.7 Å². The van der Waals surface area contributed by atoms with E-state index >= 15 is 0 Å². The number of ether oxygens (including phenoxy) is 3. The monoisotopic (exact) mass is 697 g/mol. The van der Waals surface area contributed by atoms with Gasteiger partial charge in [0, 0.05) is 35.7 Å². The highest BCUT2D eigenvalue weighted by molar-refractivity contribution is 9.10. The topological polar surface area (TPSA) is 163 Å². The first kappa shape index (κ1) is 35.0. The molecule has 6 atom stereocenters. The fraction of sp³-hybridized carbons (Fsp3) is 0.412. The molecule has 2 bridgehead atoms. The standard InChI is InChI=1S/C34H40BrN3O8/c1-17-12-22-30(40)24(16-25-32(22)45-27-15-21(35)10-11-23(27)37-25)38-33(41)18(2)8-7-9-26(43-5)31(46-34(36)42)20(4)14-19(3)29(39)28(13-17)44-6/h7-11,14-17,19,26,28-29,31,39H,12-13H2,1-6H3,(H2,36,42)(H,38,41)/b9-7-,18-8+,20-14+/t17-,19+,26+,28+,29+,31-/m1/s1. The highest BCUT2D eigenvalue weighted by atomic mass is 79.9. The average molecular weight is 699 g/mol. The van der Waals surface area contributed by atoms with Crippen LogP contribution in [0.2, 0.25) is 0 Å². The quantitative estimate of drug-likeness (QED) is 0.236. The molecule has 1 aliphatic carbocycles. The zero-order chi connectivity index (χ0) is 33.7. The van der Waals surface area contributed by atoms with Crippen LogP contribution in [0.1, 0.15) is 39.7 Å². The number of nitrogens with zero attached hydrogens (tertiary/aromatic N) is 1. The van der Waals surface area contributed by atoms with Crippen molar-refractivity contribution in [2.75, 3.05) is 19.5 Å². The minimum Gasteiger partial charge on any atom is -0.452 e. The number of nitrogens with two attached hydrogens (primary N) is 1. The van der Waals surface area contributed by atoms with Gasteiger partial charge in [0.15, 0.2) is 17.4 Å². The maximum atomic E-state index is 13.9. The van der Waals surface area contributed by atoms with Crippen molar-refractivity contribution in [3.63, 3.8) is 0 Å². The number of allylic oxidation sites excluding steroid dienone is 2. The summed E-state index contributed by atoms with van der Waals surface area (Å²) in [5.41, 5.74) is 7.83. The molecule has 4 N–H and O–H groups in total. The number of hydrogen-bond acceptors (Lipinski definition) is 9. The fourth-order valence-electron chi connectivity index (χ4n) is 5.67. The number of carbonyl (C=O) groups excluding carboxylic acids is 2. The predicted molar refractivity (Wildman–Crippen MR) is 179 cm³/mol. The lowest BCUT2D eigenvalue weighted by molar-refractivity contribution is -0.112. The number of benzene rings is 2. The Balaban J connectivity index is 1.86. The van der Waals surface area contributed by atoms with Gasteiger partial charge in [0.05, 0.1) is 17.9 Å². The third-order valence-corrected chi connectivity index (χ3v) is 8.63. The van der Waals surface area contributed by atoms with Gasteiger partial charge in [-0.15, -0.1) is 0 Å². The van der Waals surface area contributed by atoms with Crippen LogP contribution >= 0.6 is 15.9 Å². The number of nitrogens with one attached hydrogen (secondary N) is 1. The van der Waals surface area contributed by atoms with E-state index in [0.717, 1.165) is 4.47 Å². The summed E-state index contributed by atoms with van der Waals surface area (Å²) in [4.78, 5) is 43.7. The molecular formula is C34H40BrN3O8. The Labute approximate surface area is 276 Å². The van der Waals surface area contributed by atoms with E-state index in [1.54, 1.807) is 50.3 Å². The second-order valence-corrected chi connectivity index (χ2v) is 12.6. The van der Waals surface area contributed by atoms with E-state index in [1.165, 1.54) is 20.3 Å². The number of fused-ring (bicyclic) bond motifs is 5. The van der Waals surface area contributed by atoms with E-state index in [0.29, 0.717) is 45.7 Å². The van der Waals surface area contributed by atoms with E-state index in [-0.39, 0.29) is 23.5 Å². The molecule has 0 saturated heterocycles. The van der Waals surface area contributed by atoms with Gasteiger partial charge in [0.2, 0.25) is 5.43 Å². The van der Waals surface area contributed by atoms with Crippen LogP contribution in [0.3, 0.4) is 0 Å². The number of halogens is 1. The number of anilines is 1. The van der Waals surface area contributed by atoms with Crippen LogP contribution in [0.4, 0.5) is 10.5 Å². The first-order chi connectivity index (χ1) is 21.8. The van der Waals surface area contributed by atoms with Crippen LogP contribution in [-0.2, 0) is 25.4 Å². The van der Waals surface area contributed by atoms with Crippen molar-refractivity contribution in [1.29, 1.82) is 0 Å². The van der Waals surface area contributed by atoms with Gasteiger partial charge in [0.25, 0.3) is 5.91 Å². The van der Waals surface area contributed by atoms with Crippen molar-refractivity contribution in [3.8, 4) is 11.5 Å². The van der Waals surface area contributed by atoms with Crippen LogP contribution in [0.25, 0.3) is 22.6 Å². The third kappa shape index (κ3) is 8.11. The molecule has 1 aromatic rings. The Morgan fingerprint density at radius 3 is 2.57 bits per heavy atom. The van der Waals surface area contributed by atoms with Crippen LogP contribution in [0.5, 0.6) is 0 Å². The number of carbonyl (C=O) groups is 2. The number of rotatable bonds is 3. The molecule has 2 amide bonds. The van der Waals surface area contributed by atoms with Crippen molar-refractivity contribution in [2.45, 2.75) is 65.0 Å². The third-order valence-electron chi connectivity index (χ3n) is 8.13. The maximum absolute atomic E-state index is 13.9. The Morgan fingerprint density at radius 1 is 1.15 bits per heavy atom. The van der Waals surface area contributed by atoms with E-state index < -0.39 is 42.3 Å². The van der Waals surface area contributed by atoms with Crippen molar-refractivity contribution in [2.24, 2.45) is 17.6 Å². The smallest absolute Gasteiger partial charge is 0.405 e. The predicted octanol–water partition coefficient (Wildman–Crippen LogP) is 5.52. The molecule has 2 heterocycles. The van der Waals surface area contributed by atoms with E-state index in [1.807, 2.05) is 19.9 Å². The zero-order valence-corrected chi connectivity index (χ0v) is 28.3. The van der Waals surface area contributed by atoms with Crippen molar-refractivity contribution < 1.29 is 33.3 Å². The molecule has 0 saturated carbocycles. The number of hydrogen-bond donors (Lipinski definition) is 3. The summed E-state index contributed by atoms with van der Waals surface area (Å²) in [5, 5.41) is 14.1. The van der Waals surface area contributed by atoms with Gasteiger partial charge in [-0.25, -0.2) is 9.78 Å². The zero-order valence-electron chi connectivity index (χ0n) is 26.7. The van der Waals surface area contributed by atoms with E-state index in [2.05, 4.69) is 21.2 Å². The largest absolute Gasteiger partial charge is 0.452 e. The Bertz CT molecular complexity index is 1710. The molecule has 0 fully saturated rings. The number of methoxy groups -OCH3 is 2. The summed E-state index contributed by atoms with van der Waals surface area (Å²) in [7, 11) is 2.97. The van der Waals surface area contributed by atoms with Crippen molar-refractivity contribution in [1.82, 2.24) is 4.98 Å². The summed E-state index contributed by atoms with van der Waals surface area (Å²) in [6.07, 6.45) is 3.03. The molecule has 2 aliphatic heterocycles. The molecule has 12 heteroatoms. The van der Waals surface area contributed by atoms with Gasteiger partial charge in [-0.2, -0.15) is 0 Å². The number of amides is 2. The second-order valence-electron chi connectivity index (χ2n) is 11.7. The minimum absolute atomic E-state index is 0.0648. The Kier molecular flexibility index (Phi) is 11.5. The second kappa shape index (κ2) is 15.2. The van der Waals surface area contributed by atoms with Gasteiger partial charge >= 0.3 is 6.09 Å². The highest BCUT2D eigenvalue weighted by Crippen LogP contribution is 2.33. The molecule has 4 rings (SSSR count).